The molecule has 0 unspecified atom stereocenters. The number of hydrogen-bond acceptors (Lipinski definition) is 5. The van der Waals surface area contributed by atoms with Crippen molar-refractivity contribution in [2.24, 2.45) is 0 Å². The van der Waals surface area contributed by atoms with Gasteiger partial charge in [-0.2, -0.15) is 5.26 Å². The van der Waals surface area contributed by atoms with Gasteiger partial charge < -0.3 is 5.32 Å². The molecule has 0 bridgehead atoms. The van der Waals surface area contributed by atoms with Crippen molar-refractivity contribution in [2.75, 3.05) is 11.1 Å². The maximum absolute atomic E-state index is 12.2. The standard InChI is InChI=1S/C21H18ClN5OS/c1-2-12-27-20(15-7-9-17(22)10-8-15)25-26-21(27)29-13-11-19(28)24-18-6-4-3-5-16(18)14-23/h2-10H,1,11-13H2,(H,24,28). The molecular weight excluding hydrogens is 406 g/mol. The molecule has 0 aliphatic carbocycles. The summed E-state index contributed by atoms with van der Waals surface area (Å²) in [4.78, 5) is 12.2. The van der Waals surface area contributed by atoms with Crippen molar-refractivity contribution in [3.8, 4) is 17.5 Å². The Bertz CT molecular complexity index is 1060. The molecule has 0 radical (unpaired) electrons. The average molecular weight is 424 g/mol. The minimum absolute atomic E-state index is 0.159. The van der Waals surface area contributed by atoms with E-state index in [1.807, 2.05) is 16.7 Å². The molecule has 0 aliphatic heterocycles. The lowest BCUT2D eigenvalue weighted by Crippen LogP contribution is -2.13. The molecule has 1 aromatic heterocycles. The van der Waals surface area contributed by atoms with Gasteiger partial charge in [-0.3, -0.25) is 9.36 Å². The highest BCUT2D eigenvalue weighted by molar-refractivity contribution is 7.99. The lowest BCUT2D eigenvalue weighted by molar-refractivity contribution is -0.115. The number of aromatic nitrogens is 3. The SMILES string of the molecule is C=CCn1c(SCCC(=O)Nc2ccccc2C#N)nnc1-c1ccc(Cl)cc1. The van der Waals surface area contributed by atoms with Gasteiger partial charge >= 0.3 is 0 Å². The van der Waals surface area contributed by atoms with Gasteiger partial charge in [-0.1, -0.05) is 41.6 Å². The van der Waals surface area contributed by atoms with Gasteiger partial charge in [-0.15, -0.1) is 16.8 Å². The van der Waals surface area contributed by atoms with Gasteiger partial charge in [0, 0.05) is 29.3 Å². The molecule has 8 heteroatoms. The molecule has 29 heavy (non-hydrogen) atoms. The Balaban J connectivity index is 1.64. The first-order chi connectivity index (χ1) is 14.1. The molecule has 0 saturated carbocycles. The Hall–Kier alpha value is -3.08. The molecule has 0 spiro atoms. The third-order valence-electron chi connectivity index (χ3n) is 4.01. The predicted molar refractivity (Wildman–Crippen MR) is 116 cm³/mol. The second-order valence-corrected chi connectivity index (χ2v) is 7.51. The predicted octanol–water partition coefficient (Wildman–Crippen LogP) is 4.78. The number of nitriles is 1. The summed E-state index contributed by atoms with van der Waals surface area (Å²) in [5.41, 5.74) is 1.86. The van der Waals surface area contributed by atoms with Crippen molar-refractivity contribution in [3.63, 3.8) is 0 Å². The van der Waals surface area contributed by atoms with E-state index in [2.05, 4.69) is 28.2 Å². The van der Waals surface area contributed by atoms with E-state index in [1.54, 1.807) is 42.5 Å². The number of anilines is 1. The molecule has 3 aromatic rings. The van der Waals surface area contributed by atoms with E-state index in [-0.39, 0.29) is 12.3 Å². The van der Waals surface area contributed by atoms with Gasteiger partial charge in [0.15, 0.2) is 11.0 Å². The van der Waals surface area contributed by atoms with Crippen molar-refractivity contribution in [3.05, 3.63) is 71.8 Å². The second-order valence-electron chi connectivity index (χ2n) is 6.02. The monoisotopic (exact) mass is 423 g/mol. The Morgan fingerprint density at radius 2 is 2.00 bits per heavy atom. The van der Waals surface area contributed by atoms with Crippen molar-refractivity contribution in [2.45, 2.75) is 18.1 Å². The maximum Gasteiger partial charge on any atom is 0.225 e. The molecule has 0 saturated heterocycles. The van der Waals surface area contributed by atoms with Gasteiger partial charge in [0.1, 0.15) is 6.07 Å². The first kappa shape index (κ1) is 20.6. The van der Waals surface area contributed by atoms with Gasteiger partial charge in [0.2, 0.25) is 5.91 Å². The summed E-state index contributed by atoms with van der Waals surface area (Å²) in [6.07, 6.45) is 2.06. The summed E-state index contributed by atoms with van der Waals surface area (Å²) in [6, 6.07) is 16.4. The van der Waals surface area contributed by atoms with Crippen molar-refractivity contribution < 1.29 is 4.79 Å². The smallest absolute Gasteiger partial charge is 0.225 e. The number of nitrogens with zero attached hydrogens (tertiary/aromatic N) is 4. The first-order valence-corrected chi connectivity index (χ1v) is 10.2. The third kappa shape index (κ3) is 5.25. The summed E-state index contributed by atoms with van der Waals surface area (Å²) in [6.45, 7) is 4.35. The summed E-state index contributed by atoms with van der Waals surface area (Å²) in [7, 11) is 0. The van der Waals surface area contributed by atoms with E-state index in [1.165, 1.54) is 11.8 Å². The zero-order valence-electron chi connectivity index (χ0n) is 15.5. The van der Waals surface area contributed by atoms with Crippen LogP contribution in [0, 0.1) is 11.3 Å². The average Bonchev–Trinajstić information content (AvgIpc) is 3.12. The van der Waals surface area contributed by atoms with Crippen LogP contribution in [0.3, 0.4) is 0 Å². The summed E-state index contributed by atoms with van der Waals surface area (Å²) in [5.74, 6) is 1.08. The number of para-hydroxylation sites is 1. The molecule has 6 nitrogen and oxygen atoms in total. The number of hydrogen-bond donors (Lipinski definition) is 1. The molecule has 1 N–H and O–H groups in total. The molecule has 3 rings (SSSR count). The Morgan fingerprint density at radius 1 is 1.24 bits per heavy atom. The van der Waals surface area contributed by atoms with Gasteiger partial charge in [0.25, 0.3) is 0 Å². The number of rotatable bonds is 8. The third-order valence-corrected chi connectivity index (χ3v) is 5.23. The number of thioether (sulfide) groups is 1. The lowest BCUT2D eigenvalue weighted by atomic mass is 10.2. The van der Waals surface area contributed by atoms with Crippen LogP contribution in [0.25, 0.3) is 11.4 Å². The fraction of sp³-hybridized carbons (Fsp3) is 0.143. The number of carbonyl (C=O) groups is 1. The van der Waals surface area contributed by atoms with Crippen LogP contribution in [0.15, 0.2) is 66.3 Å². The van der Waals surface area contributed by atoms with E-state index >= 15 is 0 Å². The van der Waals surface area contributed by atoms with Gasteiger partial charge in [-0.25, -0.2) is 0 Å². The van der Waals surface area contributed by atoms with E-state index < -0.39 is 0 Å². The number of halogens is 1. The van der Waals surface area contributed by atoms with Crippen molar-refractivity contribution in [1.29, 1.82) is 5.26 Å². The molecule has 0 aliphatic rings. The summed E-state index contributed by atoms with van der Waals surface area (Å²) >= 11 is 7.41. The second kappa shape index (κ2) is 9.92. The minimum Gasteiger partial charge on any atom is -0.325 e. The normalized spacial score (nSPS) is 10.3. The summed E-state index contributed by atoms with van der Waals surface area (Å²) in [5, 5.41) is 21.8. The summed E-state index contributed by atoms with van der Waals surface area (Å²) < 4.78 is 1.95. The largest absolute Gasteiger partial charge is 0.325 e. The quantitative estimate of drug-likeness (QED) is 0.416. The van der Waals surface area contributed by atoms with Gasteiger partial charge in [0.05, 0.1) is 11.3 Å². The molecular formula is C21H18ClN5OS. The molecule has 0 atom stereocenters. The van der Waals surface area contributed by atoms with E-state index in [0.29, 0.717) is 33.7 Å². The topological polar surface area (TPSA) is 83.6 Å². The number of carbonyl (C=O) groups excluding carboxylic acids is 1. The zero-order valence-corrected chi connectivity index (χ0v) is 17.1. The van der Waals surface area contributed by atoms with Gasteiger partial charge in [-0.05, 0) is 36.4 Å². The molecule has 1 heterocycles. The van der Waals surface area contributed by atoms with Crippen LogP contribution in [0.1, 0.15) is 12.0 Å². The van der Waals surface area contributed by atoms with E-state index in [4.69, 9.17) is 16.9 Å². The van der Waals surface area contributed by atoms with Crippen LogP contribution in [0.2, 0.25) is 5.02 Å². The number of nitrogens with one attached hydrogen (secondary N) is 1. The minimum atomic E-state index is -0.159. The highest BCUT2D eigenvalue weighted by Gasteiger charge is 2.14. The first-order valence-electron chi connectivity index (χ1n) is 8.84. The van der Waals surface area contributed by atoms with Crippen LogP contribution in [0.5, 0.6) is 0 Å². The fourth-order valence-electron chi connectivity index (χ4n) is 2.64. The number of benzene rings is 2. The van der Waals surface area contributed by atoms with Crippen LogP contribution >= 0.6 is 23.4 Å². The molecule has 0 fully saturated rings. The Morgan fingerprint density at radius 3 is 2.72 bits per heavy atom. The van der Waals surface area contributed by atoms with Crippen LogP contribution in [0.4, 0.5) is 5.69 Å². The highest BCUT2D eigenvalue weighted by Crippen LogP contribution is 2.25. The fourth-order valence-corrected chi connectivity index (χ4v) is 3.65. The molecule has 146 valence electrons. The lowest BCUT2D eigenvalue weighted by Gasteiger charge is -2.08. The van der Waals surface area contributed by atoms with Crippen molar-refractivity contribution in [1.82, 2.24) is 14.8 Å². The zero-order chi connectivity index (χ0) is 20.6. The highest BCUT2D eigenvalue weighted by atomic mass is 35.5. The van der Waals surface area contributed by atoms with E-state index in [0.717, 1.165) is 11.4 Å². The number of amides is 1. The van der Waals surface area contributed by atoms with Crippen LogP contribution in [-0.2, 0) is 11.3 Å². The Kier molecular flexibility index (Phi) is 7.06. The molecule has 2 aromatic carbocycles. The Labute approximate surface area is 178 Å². The molecule has 1 amide bonds. The van der Waals surface area contributed by atoms with Crippen LogP contribution in [-0.4, -0.2) is 26.4 Å². The van der Waals surface area contributed by atoms with Crippen LogP contribution < -0.4 is 5.32 Å². The maximum atomic E-state index is 12.2. The number of allylic oxidation sites excluding steroid dienone is 1. The van der Waals surface area contributed by atoms with Crippen molar-refractivity contribution >= 4 is 35.0 Å². The van der Waals surface area contributed by atoms with E-state index in [9.17, 15) is 4.79 Å².